The van der Waals surface area contributed by atoms with Gasteiger partial charge in [0.15, 0.2) is 0 Å². The molecule has 0 fully saturated rings. The highest BCUT2D eigenvalue weighted by Crippen LogP contribution is 2.34. The number of hydrogen-bond donors (Lipinski definition) is 1. The molecule has 0 bridgehead atoms. The van der Waals surface area contributed by atoms with Gasteiger partial charge >= 0.3 is 0 Å². The highest BCUT2D eigenvalue weighted by atomic mass is 32.2. The zero-order valence-electron chi connectivity index (χ0n) is 17.3. The predicted octanol–water partition coefficient (Wildman–Crippen LogP) is 3.41. The number of hydrogen-bond acceptors (Lipinski definition) is 6. The molecule has 0 radical (unpaired) electrons. The lowest BCUT2D eigenvalue weighted by molar-refractivity contribution is -0.384. The zero-order chi connectivity index (χ0) is 22.5. The van der Waals surface area contributed by atoms with E-state index in [1.807, 2.05) is 26.0 Å². The van der Waals surface area contributed by atoms with E-state index in [2.05, 4.69) is 5.32 Å². The van der Waals surface area contributed by atoms with Gasteiger partial charge in [0, 0.05) is 30.8 Å². The van der Waals surface area contributed by atoms with E-state index in [9.17, 15) is 23.3 Å². The Labute approximate surface area is 175 Å². The third-order valence-electron chi connectivity index (χ3n) is 4.69. The van der Waals surface area contributed by atoms with Gasteiger partial charge in [-0.3, -0.25) is 19.2 Å². The molecule has 0 unspecified atom stereocenters. The minimum absolute atomic E-state index is 0.0312. The molecule has 0 aromatic heterocycles. The third-order valence-corrected chi connectivity index (χ3v) is 5.87. The summed E-state index contributed by atoms with van der Waals surface area (Å²) in [6.07, 6.45) is 1.30. The Morgan fingerprint density at radius 3 is 2.53 bits per heavy atom. The Morgan fingerprint density at radius 2 is 1.93 bits per heavy atom. The van der Waals surface area contributed by atoms with Crippen LogP contribution in [0.3, 0.4) is 0 Å². The maximum Gasteiger partial charge on any atom is 0.271 e. The Hall–Kier alpha value is -3.14. The number of nitrogens with zero attached hydrogens (tertiary/aromatic N) is 2. The molecule has 2 rings (SSSR count). The van der Waals surface area contributed by atoms with Crippen molar-refractivity contribution in [3.05, 3.63) is 57.6 Å². The van der Waals surface area contributed by atoms with E-state index >= 15 is 0 Å². The Balaban J connectivity index is 2.15. The van der Waals surface area contributed by atoms with Gasteiger partial charge in [-0.2, -0.15) is 0 Å². The van der Waals surface area contributed by atoms with Gasteiger partial charge < -0.3 is 10.1 Å². The summed E-state index contributed by atoms with van der Waals surface area (Å²) in [6.45, 7) is 3.82. The fraction of sp³-hybridized carbons (Fsp3) is 0.350. The first-order valence-electron chi connectivity index (χ1n) is 9.20. The molecule has 0 aliphatic carbocycles. The Kier molecular flexibility index (Phi) is 7.38. The van der Waals surface area contributed by atoms with Crippen LogP contribution in [0.25, 0.3) is 0 Å². The number of ether oxygens (including phenoxy) is 1. The number of amides is 1. The average molecular weight is 436 g/mol. The third kappa shape index (κ3) is 5.69. The molecule has 0 saturated heterocycles. The zero-order valence-corrected chi connectivity index (χ0v) is 18.2. The number of carbonyl (C=O) groups is 1. The second kappa shape index (κ2) is 9.57. The highest BCUT2D eigenvalue weighted by Gasteiger charge is 2.24. The van der Waals surface area contributed by atoms with Crippen molar-refractivity contribution in [3.63, 3.8) is 0 Å². The number of benzene rings is 2. The number of nitro groups is 1. The maximum atomic E-state index is 12.3. The molecule has 0 aliphatic heterocycles. The summed E-state index contributed by atoms with van der Waals surface area (Å²) in [5, 5.41) is 13.9. The van der Waals surface area contributed by atoms with E-state index in [0.717, 1.165) is 27.8 Å². The molecule has 9 nitrogen and oxygen atoms in total. The molecule has 1 N–H and O–H groups in total. The van der Waals surface area contributed by atoms with Crippen LogP contribution < -0.4 is 14.4 Å². The first-order chi connectivity index (χ1) is 14.0. The number of nitrogens with one attached hydrogen (secondary N) is 1. The van der Waals surface area contributed by atoms with Gasteiger partial charge in [-0.1, -0.05) is 12.1 Å². The van der Waals surface area contributed by atoms with Crippen LogP contribution in [0, 0.1) is 24.0 Å². The summed E-state index contributed by atoms with van der Waals surface area (Å²) in [6, 6.07) is 9.33. The Bertz CT molecular complexity index is 1050. The van der Waals surface area contributed by atoms with Gasteiger partial charge in [-0.25, -0.2) is 8.42 Å². The van der Waals surface area contributed by atoms with Crippen LogP contribution >= 0.6 is 0 Å². The minimum Gasteiger partial charge on any atom is -0.495 e. The fourth-order valence-corrected chi connectivity index (χ4v) is 3.89. The number of methoxy groups -OCH3 is 1. The van der Waals surface area contributed by atoms with Crippen molar-refractivity contribution in [2.75, 3.05) is 29.5 Å². The summed E-state index contributed by atoms with van der Waals surface area (Å²) in [4.78, 5) is 22.8. The molecule has 2 aromatic rings. The van der Waals surface area contributed by atoms with Gasteiger partial charge in [-0.05, 0) is 43.5 Å². The molecule has 0 heterocycles. The average Bonchev–Trinajstić information content (AvgIpc) is 2.67. The van der Waals surface area contributed by atoms with Crippen LogP contribution in [0.1, 0.15) is 24.0 Å². The number of non-ortho nitro benzene ring substituents is 1. The van der Waals surface area contributed by atoms with Crippen LogP contribution in [-0.2, 0) is 14.8 Å². The first-order valence-corrected chi connectivity index (χ1v) is 11.1. The van der Waals surface area contributed by atoms with Crippen LogP contribution in [0.2, 0.25) is 0 Å². The van der Waals surface area contributed by atoms with Crippen molar-refractivity contribution in [1.29, 1.82) is 0 Å². The molecule has 0 spiro atoms. The molecular weight excluding hydrogens is 410 g/mol. The minimum atomic E-state index is -3.76. The van der Waals surface area contributed by atoms with Gasteiger partial charge in [0.2, 0.25) is 15.9 Å². The van der Waals surface area contributed by atoms with Gasteiger partial charge in [-0.15, -0.1) is 0 Å². The molecule has 0 saturated carbocycles. The Morgan fingerprint density at radius 1 is 1.23 bits per heavy atom. The van der Waals surface area contributed by atoms with Crippen molar-refractivity contribution in [3.8, 4) is 5.75 Å². The number of carbonyl (C=O) groups excluding carboxylic acids is 1. The second-order valence-electron chi connectivity index (χ2n) is 6.85. The van der Waals surface area contributed by atoms with E-state index in [1.165, 1.54) is 19.2 Å². The van der Waals surface area contributed by atoms with E-state index < -0.39 is 14.9 Å². The van der Waals surface area contributed by atoms with Crippen LogP contribution in [0.5, 0.6) is 5.75 Å². The molecule has 30 heavy (non-hydrogen) atoms. The predicted molar refractivity (Wildman–Crippen MR) is 116 cm³/mol. The normalized spacial score (nSPS) is 11.1. The molecule has 162 valence electrons. The summed E-state index contributed by atoms with van der Waals surface area (Å²) >= 11 is 0. The van der Waals surface area contributed by atoms with Crippen LogP contribution in [-0.4, -0.2) is 39.2 Å². The standard InChI is InChI=1S/C20H25N3O6S/c1-14-7-5-8-17(15(14)2)21-20(24)9-6-12-22(30(4,27)28)18-13-16(23(25)26)10-11-19(18)29-3/h5,7-8,10-11,13H,6,9,12H2,1-4H3,(H,21,24). The number of rotatable bonds is 9. The molecule has 0 aliphatic rings. The largest absolute Gasteiger partial charge is 0.495 e. The summed E-state index contributed by atoms with van der Waals surface area (Å²) in [7, 11) is -2.41. The summed E-state index contributed by atoms with van der Waals surface area (Å²) in [5.41, 5.74) is 2.52. The van der Waals surface area contributed by atoms with Crippen LogP contribution in [0.15, 0.2) is 36.4 Å². The molecule has 2 aromatic carbocycles. The van der Waals surface area contributed by atoms with Crippen molar-refractivity contribution in [2.24, 2.45) is 0 Å². The van der Waals surface area contributed by atoms with E-state index in [-0.39, 0.29) is 42.4 Å². The van der Waals surface area contributed by atoms with E-state index in [4.69, 9.17) is 4.74 Å². The number of anilines is 2. The second-order valence-corrected chi connectivity index (χ2v) is 8.75. The van der Waals surface area contributed by atoms with Gasteiger partial charge in [0.1, 0.15) is 11.4 Å². The lowest BCUT2D eigenvalue weighted by Crippen LogP contribution is -2.32. The molecule has 0 atom stereocenters. The fourth-order valence-electron chi connectivity index (χ4n) is 2.93. The van der Waals surface area contributed by atoms with Gasteiger partial charge in [0.05, 0.1) is 18.3 Å². The number of sulfonamides is 1. The lowest BCUT2D eigenvalue weighted by Gasteiger charge is -2.24. The van der Waals surface area contributed by atoms with E-state index in [1.54, 1.807) is 6.07 Å². The summed E-state index contributed by atoms with van der Waals surface area (Å²) in [5.74, 6) is -0.0611. The monoisotopic (exact) mass is 435 g/mol. The van der Waals surface area contributed by atoms with Crippen molar-refractivity contribution in [2.45, 2.75) is 26.7 Å². The number of nitro benzene ring substituents is 1. The first kappa shape index (κ1) is 23.1. The van der Waals surface area contributed by atoms with Crippen molar-refractivity contribution in [1.82, 2.24) is 0 Å². The summed E-state index contributed by atoms with van der Waals surface area (Å²) < 4.78 is 30.9. The smallest absolute Gasteiger partial charge is 0.271 e. The molecular formula is C20H25N3O6S. The quantitative estimate of drug-likeness (QED) is 0.476. The topological polar surface area (TPSA) is 119 Å². The van der Waals surface area contributed by atoms with Gasteiger partial charge in [0.25, 0.3) is 5.69 Å². The maximum absolute atomic E-state index is 12.3. The van der Waals surface area contributed by atoms with Crippen molar-refractivity contribution >= 4 is 33.0 Å². The number of aryl methyl sites for hydroxylation is 1. The lowest BCUT2D eigenvalue weighted by atomic mass is 10.1. The molecule has 10 heteroatoms. The highest BCUT2D eigenvalue weighted by molar-refractivity contribution is 7.92. The van der Waals surface area contributed by atoms with Crippen molar-refractivity contribution < 1.29 is 22.9 Å². The van der Waals surface area contributed by atoms with Crippen LogP contribution in [0.4, 0.5) is 17.1 Å². The SMILES string of the molecule is COc1ccc([N+](=O)[O-])cc1N(CCCC(=O)Nc1cccc(C)c1C)S(C)(=O)=O. The van der Waals surface area contributed by atoms with E-state index in [0.29, 0.717) is 5.69 Å². The molecule has 1 amide bonds.